The second-order valence-electron chi connectivity index (χ2n) is 3.10. The molecule has 1 aromatic carbocycles. The molecule has 0 aliphatic carbocycles. The van der Waals surface area contributed by atoms with E-state index in [-0.39, 0.29) is 5.24 Å². The number of benzene rings is 1. The molecule has 0 bridgehead atoms. The number of carbonyl (C=O) groups is 3. The molecule has 4 nitrogen and oxygen atoms in total. The van der Waals surface area contributed by atoms with Crippen LogP contribution < -0.4 is 0 Å². The zero-order valence-electron chi connectivity index (χ0n) is 9.60. The van der Waals surface area contributed by atoms with Gasteiger partial charge in [-0.3, -0.25) is 14.4 Å². The van der Waals surface area contributed by atoms with E-state index in [0.717, 1.165) is 5.56 Å². The van der Waals surface area contributed by atoms with Gasteiger partial charge in [0.05, 0.1) is 0 Å². The van der Waals surface area contributed by atoms with Crippen molar-refractivity contribution in [3.05, 3.63) is 35.9 Å². The summed E-state index contributed by atoms with van der Waals surface area (Å²) in [6.45, 7) is 2.36. The molecule has 0 radical (unpaired) electrons. The van der Waals surface area contributed by atoms with Crippen LogP contribution in [0.5, 0.6) is 0 Å². The first-order valence-corrected chi connectivity index (χ1v) is 5.21. The van der Waals surface area contributed by atoms with Crippen molar-refractivity contribution in [1.29, 1.82) is 0 Å². The van der Waals surface area contributed by atoms with Crippen molar-refractivity contribution >= 4 is 28.8 Å². The third kappa shape index (κ3) is 10.6. The zero-order valence-corrected chi connectivity index (χ0v) is 10.4. The van der Waals surface area contributed by atoms with Gasteiger partial charge in [-0.1, -0.05) is 30.3 Å². The fourth-order valence-corrected chi connectivity index (χ4v) is 1.11. The van der Waals surface area contributed by atoms with E-state index in [2.05, 4.69) is 4.74 Å². The van der Waals surface area contributed by atoms with E-state index in [4.69, 9.17) is 11.6 Å². The second kappa shape index (κ2) is 8.47. The Morgan fingerprint density at radius 1 is 1.06 bits per heavy atom. The zero-order chi connectivity index (χ0) is 13.3. The van der Waals surface area contributed by atoms with E-state index < -0.39 is 11.9 Å². The van der Waals surface area contributed by atoms with Crippen molar-refractivity contribution in [2.45, 2.75) is 20.3 Å². The summed E-state index contributed by atoms with van der Waals surface area (Å²) >= 11 is 5.17. The highest BCUT2D eigenvalue weighted by atomic mass is 35.5. The Kier molecular flexibility index (Phi) is 7.63. The maximum atomic E-state index is 10.4. The summed E-state index contributed by atoms with van der Waals surface area (Å²) in [5.41, 5.74) is 0.961. The quantitative estimate of drug-likeness (QED) is 0.462. The van der Waals surface area contributed by atoms with Gasteiger partial charge in [-0.15, -0.1) is 0 Å². The third-order valence-electron chi connectivity index (χ3n) is 1.47. The minimum absolute atomic E-state index is 0.314. The van der Waals surface area contributed by atoms with Gasteiger partial charge in [0.15, 0.2) is 0 Å². The second-order valence-corrected chi connectivity index (χ2v) is 3.52. The molecule has 0 N–H and O–H groups in total. The Labute approximate surface area is 105 Å². The molecule has 17 heavy (non-hydrogen) atoms. The topological polar surface area (TPSA) is 60.4 Å². The maximum Gasteiger partial charge on any atom is 0.310 e. The first-order valence-electron chi connectivity index (χ1n) is 4.83. The fourth-order valence-electron chi connectivity index (χ4n) is 0.959. The number of halogens is 1. The van der Waals surface area contributed by atoms with Crippen LogP contribution in [0.2, 0.25) is 0 Å². The maximum absolute atomic E-state index is 10.4. The van der Waals surface area contributed by atoms with Crippen LogP contribution in [0.4, 0.5) is 0 Å². The Balaban J connectivity index is 0.000000325. The lowest BCUT2D eigenvalue weighted by Gasteiger charge is -1.92. The Hall–Kier alpha value is -1.68. The molecule has 0 unspecified atom stereocenters. The molecule has 0 amide bonds. The molecule has 0 aliphatic heterocycles. The van der Waals surface area contributed by atoms with Crippen molar-refractivity contribution in [3.8, 4) is 0 Å². The standard InChI is InChI=1S/C8H7ClO.C4H6O3/c9-8(10)6-7-4-2-1-3-5-7;1-3(5)7-4(2)6/h1-5H,6H2;1-2H3. The molecule has 0 saturated carbocycles. The van der Waals surface area contributed by atoms with Crippen molar-refractivity contribution in [3.63, 3.8) is 0 Å². The summed E-state index contributed by atoms with van der Waals surface area (Å²) < 4.78 is 3.97. The van der Waals surface area contributed by atoms with Crippen LogP contribution in [0.25, 0.3) is 0 Å². The van der Waals surface area contributed by atoms with Gasteiger partial charge < -0.3 is 4.74 Å². The fraction of sp³-hybridized carbons (Fsp3) is 0.250. The van der Waals surface area contributed by atoms with E-state index in [9.17, 15) is 14.4 Å². The smallest absolute Gasteiger partial charge is 0.310 e. The van der Waals surface area contributed by atoms with Gasteiger partial charge in [-0.05, 0) is 17.2 Å². The molecule has 0 atom stereocenters. The number of carbonyl (C=O) groups excluding carboxylic acids is 3. The van der Waals surface area contributed by atoms with Crippen LogP contribution >= 0.6 is 11.6 Å². The van der Waals surface area contributed by atoms with E-state index in [1.54, 1.807) is 0 Å². The molecule has 1 aromatic rings. The van der Waals surface area contributed by atoms with Crippen LogP contribution in [0.3, 0.4) is 0 Å². The van der Waals surface area contributed by atoms with Gasteiger partial charge in [0.25, 0.3) is 0 Å². The molecule has 0 aliphatic rings. The predicted molar refractivity (Wildman–Crippen MR) is 63.5 cm³/mol. The summed E-state index contributed by atoms with van der Waals surface area (Å²) in [6, 6.07) is 9.42. The molecule has 0 spiro atoms. The molecule has 0 saturated heterocycles. The Morgan fingerprint density at radius 3 is 1.82 bits per heavy atom. The Bertz CT molecular complexity index is 375. The van der Waals surface area contributed by atoms with E-state index in [1.807, 2.05) is 30.3 Å². The highest BCUT2D eigenvalue weighted by Crippen LogP contribution is 2.00. The number of rotatable bonds is 2. The highest BCUT2D eigenvalue weighted by Gasteiger charge is 1.96. The molecule has 5 heteroatoms. The van der Waals surface area contributed by atoms with Crippen LogP contribution in [0.15, 0.2) is 30.3 Å². The monoisotopic (exact) mass is 256 g/mol. The molecule has 0 aromatic heterocycles. The molecule has 1 rings (SSSR count). The van der Waals surface area contributed by atoms with E-state index in [1.165, 1.54) is 13.8 Å². The van der Waals surface area contributed by atoms with Crippen molar-refractivity contribution < 1.29 is 19.1 Å². The molecular formula is C12H13ClO4. The first kappa shape index (κ1) is 15.3. The molecule has 92 valence electrons. The largest absolute Gasteiger partial charge is 0.394 e. The van der Waals surface area contributed by atoms with Crippen LogP contribution in [-0.2, 0) is 25.5 Å². The SMILES string of the molecule is CC(=O)OC(C)=O.O=C(Cl)Cc1ccccc1. The first-order chi connectivity index (χ1) is 7.91. The lowest BCUT2D eigenvalue weighted by Crippen LogP contribution is -2.03. The number of ether oxygens (including phenoxy) is 1. The predicted octanol–water partition coefficient (Wildman–Crippen LogP) is 2.09. The van der Waals surface area contributed by atoms with E-state index >= 15 is 0 Å². The van der Waals surface area contributed by atoms with Gasteiger partial charge in [0, 0.05) is 20.3 Å². The van der Waals surface area contributed by atoms with E-state index in [0.29, 0.717) is 6.42 Å². The van der Waals surface area contributed by atoms with Crippen LogP contribution in [-0.4, -0.2) is 17.2 Å². The van der Waals surface area contributed by atoms with Crippen LogP contribution in [0.1, 0.15) is 19.4 Å². The average molecular weight is 257 g/mol. The number of hydrogen-bond acceptors (Lipinski definition) is 4. The van der Waals surface area contributed by atoms with Gasteiger partial charge in [-0.25, -0.2) is 0 Å². The molecule has 0 fully saturated rings. The number of esters is 2. The lowest BCUT2D eigenvalue weighted by atomic mass is 10.2. The minimum Gasteiger partial charge on any atom is -0.394 e. The highest BCUT2D eigenvalue weighted by molar-refractivity contribution is 6.63. The summed E-state index contributed by atoms with van der Waals surface area (Å²) in [4.78, 5) is 30.0. The molecule has 0 heterocycles. The van der Waals surface area contributed by atoms with Gasteiger partial charge >= 0.3 is 11.9 Å². The van der Waals surface area contributed by atoms with Gasteiger partial charge in [0.2, 0.25) is 5.24 Å². The average Bonchev–Trinajstić information content (AvgIpc) is 2.16. The van der Waals surface area contributed by atoms with Crippen LogP contribution in [0, 0.1) is 0 Å². The van der Waals surface area contributed by atoms with Gasteiger partial charge in [0.1, 0.15) is 0 Å². The van der Waals surface area contributed by atoms with Crippen molar-refractivity contribution in [2.24, 2.45) is 0 Å². The number of hydrogen-bond donors (Lipinski definition) is 0. The minimum atomic E-state index is -0.562. The lowest BCUT2D eigenvalue weighted by molar-refractivity contribution is -0.156. The van der Waals surface area contributed by atoms with Crippen molar-refractivity contribution in [2.75, 3.05) is 0 Å². The summed E-state index contributed by atoms with van der Waals surface area (Å²) in [7, 11) is 0. The molecular weight excluding hydrogens is 244 g/mol. The summed E-state index contributed by atoms with van der Waals surface area (Å²) in [6.07, 6.45) is 0.322. The van der Waals surface area contributed by atoms with Gasteiger partial charge in [-0.2, -0.15) is 0 Å². The Morgan fingerprint density at radius 2 is 1.53 bits per heavy atom. The van der Waals surface area contributed by atoms with Crippen molar-refractivity contribution in [1.82, 2.24) is 0 Å². The summed E-state index contributed by atoms with van der Waals surface area (Å²) in [5.74, 6) is -1.12. The normalized spacial score (nSPS) is 8.65. The summed E-state index contributed by atoms with van der Waals surface area (Å²) in [5, 5.41) is -0.314. The third-order valence-corrected chi connectivity index (χ3v) is 1.61.